The molecule has 1 aromatic rings. The van der Waals surface area contributed by atoms with Crippen LogP contribution in [-0.4, -0.2) is 22.2 Å². The maximum absolute atomic E-state index is 13.1. The Balaban J connectivity index is 1.72. The number of rotatable bonds is 6. The number of pyridine rings is 1. The van der Waals surface area contributed by atoms with Crippen LogP contribution in [0.25, 0.3) is 0 Å². The first-order chi connectivity index (χ1) is 10.5. The summed E-state index contributed by atoms with van der Waals surface area (Å²) in [5.41, 5.74) is 0.764. The van der Waals surface area contributed by atoms with E-state index in [0.29, 0.717) is 25.2 Å². The van der Waals surface area contributed by atoms with Crippen LogP contribution in [0.15, 0.2) is 18.3 Å². The second kappa shape index (κ2) is 7.51. The Bertz CT molecular complexity index is 498. The summed E-state index contributed by atoms with van der Waals surface area (Å²) in [6, 6.07) is 3.54. The Labute approximate surface area is 128 Å². The van der Waals surface area contributed by atoms with Crippen molar-refractivity contribution in [3.8, 4) is 5.88 Å². The molecule has 6 heteroatoms. The fourth-order valence-electron chi connectivity index (χ4n) is 2.93. The number of carbonyl (C=O) groups is 1. The Kier molecular flexibility index (Phi) is 5.69. The van der Waals surface area contributed by atoms with E-state index in [9.17, 15) is 13.6 Å². The summed E-state index contributed by atoms with van der Waals surface area (Å²) in [5.74, 6) is -1.94. The molecule has 0 radical (unpaired) electrons. The molecule has 0 aromatic carbocycles. The van der Waals surface area contributed by atoms with Crippen LogP contribution >= 0.6 is 0 Å². The maximum Gasteiger partial charge on any atom is 0.512 e. The number of ether oxygens (including phenoxy) is 1. The second-order valence-corrected chi connectivity index (χ2v) is 5.88. The molecule has 0 atom stereocenters. The van der Waals surface area contributed by atoms with E-state index >= 15 is 0 Å². The minimum absolute atomic E-state index is 0.0108. The van der Waals surface area contributed by atoms with Gasteiger partial charge in [0.2, 0.25) is 11.8 Å². The molecule has 0 bridgehead atoms. The summed E-state index contributed by atoms with van der Waals surface area (Å²) in [6.07, 6.45) is 4.79. The topological polar surface area (TPSA) is 59.4 Å². The lowest BCUT2D eigenvalue weighted by molar-refractivity contribution is -0.0466. The first-order valence-corrected chi connectivity index (χ1v) is 7.69. The highest BCUT2D eigenvalue weighted by atomic mass is 19.3. The van der Waals surface area contributed by atoms with Gasteiger partial charge in [-0.2, -0.15) is 0 Å². The molecule has 1 saturated carbocycles. The molecule has 1 aliphatic carbocycles. The van der Waals surface area contributed by atoms with Crippen molar-refractivity contribution in [2.75, 3.05) is 0 Å². The summed E-state index contributed by atoms with van der Waals surface area (Å²) in [7, 11) is 0. The number of carboxylic acid groups (broad SMARTS) is 1. The molecule has 1 aliphatic rings. The lowest BCUT2D eigenvalue weighted by Crippen LogP contribution is -2.24. The molecule has 4 nitrogen and oxygen atoms in total. The molecule has 1 N–H and O–H groups in total. The summed E-state index contributed by atoms with van der Waals surface area (Å²) in [5, 5.41) is 8.65. The number of halogens is 2. The molecule has 0 saturated heterocycles. The van der Waals surface area contributed by atoms with E-state index in [0.717, 1.165) is 24.8 Å². The average molecular weight is 313 g/mol. The van der Waals surface area contributed by atoms with Gasteiger partial charge >= 0.3 is 6.16 Å². The summed E-state index contributed by atoms with van der Waals surface area (Å²) < 4.78 is 30.8. The first kappa shape index (κ1) is 16.6. The third-order valence-corrected chi connectivity index (χ3v) is 4.18. The standard InChI is InChI=1S/C16H21F2NO3/c17-16(18)9-7-12(8-10-16)4-1-2-5-13-6-3-11-19-14(13)22-15(20)21/h3,6,11-12H,1-2,4-5,7-10H2,(H,20,21). The monoisotopic (exact) mass is 313 g/mol. The molecule has 1 aromatic heterocycles. The summed E-state index contributed by atoms with van der Waals surface area (Å²) >= 11 is 0. The SMILES string of the molecule is O=C(O)Oc1ncccc1CCCCC1CCC(F)(F)CC1. The normalized spacial score (nSPS) is 18.1. The Morgan fingerprint density at radius 2 is 2.09 bits per heavy atom. The van der Waals surface area contributed by atoms with E-state index < -0.39 is 12.1 Å². The van der Waals surface area contributed by atoms with E-state index in [1.807, 2.05) is 0 Å². The average Bonchev–Trinajstić information content (AvgIpc) is 2.46. The van der Waals surface area contributed by atoms with Crippen molar-refractivity contribution in [3.05, 3.63) is 23.9 Å². The summed E-state index contributed by atoms with van der Waals surface area (Å²) in [6.45, 7) is 0. The van der Waals surface area contributed by atoms with Crippen molar-refractivity contribution in [2.24, 2.45) is 5.92 Å². The highest BCUT2D eigenvalue weighted by molar-refractivity contribution is 5.60. The van der Waals surface area contributed by atoms with Crippen LogP contribution in [0.4, 0.5) is 13.6 Å². The molecule has 122 valence electrons. The molecule has 0 aliphatic heterocycles. The van der Waals surface area contributed by atoms with Crippen LogP contribution in [0.2, 0.25) is 0 Å². The molecule has 22 heavy (non-hydrogen) atoms. The Hall–Kier alpha value is -1.72. The fourth-order valence-corrected chi connectivity index (χ4v) is 2.93. The van der Waals surface area contributed by atoms with E-state index in [1.165, 1.54) is 6.20 Å². The quantitative estimate of drug-likeness (QED) is 0.612. The lowest BCUT2D eigenvalue weighted by atomic mass is 9.83. The van der Waals surface area contributed by atoms with Gasteiger partial charge in [-0.3, -0.25) is 0 Å². The molecule has 1 heterocycles. The van der Waals surface area contributed by atoms with E-state index in [1.54, 1.807) is 12.1 Å². The number of hydrogen-bond donors (Lipinski definition) is 1. The van der Waals surface area contributed by atoms with Crippen molar-refractivity contribution >= 4 is 6.16 Å². The number of unbranched alkanes of at least 4 members (excludes halogenated alkanes) is 1. The highest BCUT2D eigenvalue weighted by Crippen LogP contribution is 2.38. The number of aromatic nitrogens is 1. The lowest BCUT2D eigenvalue weighted by Gasteiger charge is -2.28. The fraction of sp³-hybridized carbons (Fsp3) is 0.625. The third-order valence-electron chi connectivity index (χ3n) is 4.18. The molecule has 2 rings (SSSR count). The Morgan fingerprint density at radius 3 is 2.77 bits per heavy atom. The van der Waals surface area contributed by atoms with Crippen LogP contribution in [0.3, 0.4) is 0 Å². The predicted octanol–water partition coefficient (Wildman–Crippen LogP) is 4.68. The number of nitrogens with zero attached hydrogens (tertiary/aromatic N) is 1. The molecule has 1 fully saturated rings. The molecular formula is C16H21F2NO3. The van der Waals surface area contributed by atoms with Crippen LogP contribution < -0.4 is 4.74 Å². The van der Waals surface area contributed by atoms with Gasteiger partial charge in [0.25, 0.3) is 0 Å². The smallest absolute Gasteiger partial charge is 0.449 e. The van der Waals surface area contributed by atoms with Gasteiger partial charge in [0.15, 0.2) is 0 Å². The third kappa shape index (κ3) is 5.24. The van der Waals surface area contributed by atoms with E-state index in [4.69, 9.17) is 5.11 Å². The predicted molar refractivity (Wildman–Crippen MR) is 77.3 cm³/mol. The molecule has 0 amide bonds. The van der Waals surface area contributed by atoms with Gasteiger partial charge in [0.05, 0.1) is 0 Å². The minimum atomic E-state index is -2.46. The summed E-state index contributed by atoms with van der Waals surface area (Å²) in [4.78, 5) is 14.5. The highest BCUT2D eigenvalue weighted by Gasteiger charge is 2.34. The van der Waals surface area contributed by atoms with Crippen molar-refractivity contribution in [1.29, 1.82) is 0 Å². The van der Waals surface area contributed by atoms with Gasteiger partial charge in [-0.25, -0.2) is 18.6 Å². The van der Waals surface area contributed by atoms with Gasteiger partial charge in [-0.15, -0.1) is 0 Å². The van der Waals surface area contributed by atoms with Crippen molar-refractivity contribution in [2.45, 2.75) is 57.3 Å². The van der Waals surface area contributed by atoms with Crippen molar-refractivity contribution in [1.82, 2.24) is 4.98 Å². The minimum Gasteiger partial charge on any atom is -0.449 e. The molecular weight excluding hydrogens is 292 g/mol. The van der Waals surface area contributed by atoms with Gasteiger partial charge in [-0.1, -0.05) is 18.9 Å². The van der Waals surface area contributed by atoms with Crippen LogP contribution in [0.5, 0.6) is 5.88 Å². The number of aryl methyl sites for hydroxylation is 1. The van der Waals surface area contributed by atoms with Crippen LogP contribution in [0.1, 0.15) is 50.5 Å². The second-order valence-electron chi connectivity index (χ2n) is 5.88. The van der Waals surface area contributed by atoms with E-state index in [2.05, 4.69) is 9.72 Å². The first-order valence-electron chi connectivity index (χ1n) is 7.69. The van der Waals surface area contributed by atoms with Crippen molar-refractivity contribution < 1.29 is 23.4 Å². The Morgan fingerprint density at radius 1 is 1.36 bits per heavy atom. The van der Waals surface area contributed by atoms with Crippen molar-refractivity contribution in [3.63, 3.8) is 0 Å². The van der Waals surface area contributed by atoms with Gasteiger partial charge in [0, 0.05) is 24.6 Å². The molecule has 0 spiro atoms. The van der Waals surface area contributed by atoms with Crippen LogP contribution in [0, 0.1) is 5.92 Å². The molecule has 0 unspecified atom stereocenters. The zero-order chi connectivity index (χ0) is 16.0. The maximum atomic E-state index is 13.1. The van der Waals surface area contributed by atoms with Crippen LogP contribution in [-0.2, 0) is 6.42 Å². The largest absolute Gasteiger partial charge is 0.512 e. The van der Waals surface area contributed by atoms with Gasteiger partial charge < -0.3 is 9.84 Å². The van der Waals surface area contributed by atoms with E-state index in [-0.39, 0.29) is 18.7 Å². The van der Waals surface area contributed by atoms with Gasteiger partial charge in [0.1, 0.15) is 0 Å². The number of alkyl halides is 2. The van der Waals surface area contributed by atoms with Gasteiger partial charge in [-0.05, 0) is 37.7 Å². The zero-order valence-corrected chi connectivity index (χ0v) is 12.4. The number of hydrogen-bond acceptors (Lipinski definition) is 3. The zero-order valence-electron chi connectivity index (χ0n) is 12.4.